The number of rotatable bonds is 2. The lowest BCUT2D eigenvalue weighted by atomic mass is 9.85. The van der Waals surface area contributed by atoms with Gasteiger partial charge in [0.15, 0.2) is 5.78 Å². The topological polar surface area (TPSA) is 104 Å². The zero-order valence-electron chi connectivity index (χ0n) is 12.0. The Morgan fingerprint density at radius 3 is 2.46 bits per heavy atom. The van der Waals surface area contributed by atoms with Gasteiger partial charge in [0.2, 0.25) is 0 Å². The van der Waals surface area contributed by atoms with E-state index in [0.717, 1.165) is 0 Å². The average Bonchev–Trinajstić information content (AvgIpc) is 3.02. The molecule has 4 rings (SSSR count). The van der Waals surface area contributed by atoms with Gasteiger partial charge in [0.25, 0.3) is 0 Å². The Labute approximate surface area is 134 Å². The molecule has 7 nitrogen and oxygen atoms in total. The van der Waals surface area contributed by atoms with Crippen molar-refractivity contribution in [3.8, 4) is 0 Å². The van der Waals surface area contributed by atoms with Gasteiger partial charge in [0.05, 0.1) is 22.6 Å². The molecule has 0 radical (unpaired) electrons. The maximum atomic E-state index is 12.6. The van der Waals surface area contributed by atoms with Crippen molar-refractivity contribution in [2.75, 3.05) is 0 Å². The maximum absolute atomic E-state index is 12.6. The highest BCUT2D eigenvalue weighted by molar-refractivity contribution is 6.17. The molecule has 0 aromatic heterocycles. The van der Waals surface area contributed by atoms with Gasteiger partial charge in [-0.15, -0.1) is 0 Å². The lowest BCUT2D eigenvalue weighted by Gasteiger charge is -2.14. The van der Waals surface area contributed by atoms with E-state index in [1.54, 1.807) is 0 Å². The van der Waals surface area contributed by atoms with E-state index in [0.29, 0.717) is 5.57 Å². The van der Waals surface area contributed by atoms with Crippen molar-refractivity contribution in [1.29, 1.82) is 0 Å². The molecular weight excluding hydrogens is 316 g/mol. The van der Waals surface area contributed by atoms with Crippen LogP contribution in [0.5, 0.6) is 0 Å². The molecule has 7 heteroatoms. The fourth-order valence-electron chi connectivity index (χ4n) is 2.93. The van der Waals surface area contributed by atoms with Crippen LogP contribution in [0.1, 0.15) is 37.5 Å². The zero-order valence-corrected chi connectivity index (χ0v) is 12.0. The third-order valence-electron chi connectivity index (χ3n) is 4.18. The number of hydrogen-bond acceptors (Lipinski definition) is 7. The van der Waals surface area contributed by atoms with Gasteiger partial charge in [-0.25, -0.2) is 14.4 Å². The van der Waals surface area contributed by atoms with E-state index in [2.05, 4.69) is 9.47 Å². The minimum absolute atomic E-state index is 0.0361. The molecule has 1 fully saturated rings. The van der Waals surface area contributed by atoms with Crippen molar-refractivity contribution in [3.05, 3.63) is 58.2 Å². The van der Waals surface area contributed by atoms with Crippen LogP contribution in [-0.4, -0.2) is 29.7 Å². The number of fused-ring (bicyclic) bond motifs is 2. The van der Waals surface area contributed by atoms with Crippen LogP contribution in [-0.2, 0) is 19.1 Å². The molecule has 1 saturated heterocycles. The van der Waals surface area contributed by atoms with Crippen LogP contribution in [0.3, 0.4) is 0 Å². The molecule has 1 aliphatic carbocycles. The molecule has 0 N–H and O–H groups in total. The number of allylic oxidation sites excluding steroid dienone is 3. The molecular formula is C17H8O7. The second-order valence-corrected chi connectivity index (χ2v) is 5.55. The minimum Gasteiger partial charge on any atom is -0.389 e. The fraction of sp³-hybridized carbons (Fsp3) is 0.118. The first kappa shape index (κ1) is 14.3. The Morgan fingerprint density at radius 1 is 0.917 bits per heavy atom. The second kappa shape index (κ2) is 4.82. The molecule has 2 aliphatic heterocycles. The van der Waals surface area contributed by atoms with Gasteiger partial charge in [-0.05, 0) is 18.6 Å². The molecule has 0 bridgehead atoms. The van der Waals surface area contributed by atoms with E-state index in [1.807, 2.05) is 0 Å². The number of ketones is 1. The van der Waals surface area contributed by atoms with Crippen LogP contribution in [0, 0.1) is 5.92 Å². The van der Waals surface area contributed by atoms with Crippen LogP contribution in [0.4, 0.5) is 0 Å². The molecule has 0 amide bonds. The van der Waals surface area contributed by atoms with E-state index in [-0.39, 0.29) is 28.7 Å². The molecule has 1 unspecified atom stereocenters. The van der Waals surface area contributed by atoms with Crippen molar-refractivity contribution in [2.24, 2.45) is 5.92 Å². The van der Waals surface area contributed by atoms with Crippen molar-refractivity contribution >= 4 is 29.7 Å². The van der Waals surface area contributed by atoms with E-state index in [4.69, 9.17) is 0 Å². The molecule has 2 heterocycles. The summed E-state index contributed by atoms with van der Waals surface area (Å²) < 4.78 is 9.02. The van der Waals surface area contributed by atoms with Crippen LogP contribution in [0.2, 0.25) is 0 Å². The summed E-state index contributed by atoms with van der Waals surface area (Å²) in [5.74, 6) is -4.07. The standard InChI is InChI=1S/C17H8O7/c18-13(7-1-3-9-11(5-7)16(21)23-14(9)19)8-2-4-10-12(6-8)17(22)24-15(10)20/h1-5,12H,6H2. The zero-order chi connectivity index (χ0) is 17.0. The number of carbonyl (C=O) groups excluding carboxylic acids is 5. The summed E-state index contributed by atoms with van der Waals surface area (Å²) in [5.41, 5.74) is 0.893. The number of benzene rings is 1. The van der Waals surface area contributed by atoms with Gasteiger partial charge in [-0.1, -0.05) is 18.2 Å². The third-order valence-corrected chi connectivity index (χ3v) is 4.18. The molecule has 118 valence electrons. The second-order valence-electron chi connectivity index (χ2n) is 5.55. The molecule has 3 aliphatic rings. The predicted molar refractivity (Wildman–Crippen MR) is 75.9 cm³/mol. The Morgan fingerprint density at radius 2 is 1.67 bits per heavy atom. The Balaban J connectivity index is 1.67. The van der Waals surface area contributed by atoms with E-state index < -0.39 is 35.6 Å². The molecule has 1 aromatic rings. The van der Waals surface area contributed by atoms with Crippen molar-refractivity contribution < 1.29 is 33.4 Å². The fourth-order valence-corrected chi connectivity index (χ4v) is 2.93. The molecule has 24 heavy (non-hydrogen) atoms. The van der Waals surface area contributed by atoms with Gasteiger partial charge >= 0.3 is 23.9 Å². The van der Waals surface area contributed by atoms with Gasteiger partial charge in [0.1, 0.15) is 0 Å². The summed E-state index contributed by atoms with van der Waals surface area (Å²) in [7, 11) is 0. The number of carbonyl (C=O) groups is 5. The molecule has 0 spiro atoms. The summed E-state index contributed by atoms with van der Waals surface area (Å²) in [6.07, 6.45) is 2.92. The number of Topliss-reactive ketones (excluding diaryl/α,β-unsaturated/α-hetero) is 1. The molecule has 0 saturated carbocycles. The van der Waals surface area contributed by atoms with Gasteiger partial charge in [-0.3, -0.25) is 9.59 Å². The SMILES string of the molecule is O=C1OC(=O)C2CC(C(=O)c3ccc4c(c3)C(=O)OC4=O)=CC=C12. The van der Waals surface area contributed by atoms with E-state index >= 15 is 0 Å². The lowest BCUT2D eigenvalue weighted by Crippen LogP contribution is -2.17. The Kier molecular flexibility index (Phi) is 2.86. The van der Waals surface area contributed by atoms with Gasteiger partial charge in [0, 0.05) is 11.1 Å². The summed E-state index contributed by atoms with van der Waals surface area (Å²) in [6.45, 7) is 0. The van der Waals surface area contributed by atoms with E-state index in [9.17, 15) is 24.0 Å². The van der Waals surface area contributed by atoms with E-state index in [1.165, 1.54) is 30.4 Å². The quantitative estimate of drug-likeness (QED) is 0.456. The van der Waals surface area contributed by atoms with Crippen molar-refractivity contribution in [3.63, 3.8) is 0 Å². The van der Waals surface area contributed by atoms with Gasteiger partial charge in [-0.2, -0.15) is 0 Å². The van der Waals surface area contributed by atoms with Crippen molar-refractivity contribution in [2.45, 2.75) is 6.42 Å². The summed E-state index contributed by atoms with van der Waals surface area (Å²) in [5, 5.41) is 0. The summed E-state index contributed by atoms with van der Waals surface area (Å²) in [6, 6.07) is 4.07. The van der Waals surface area contributed by atoms with Crippen LogP contribution >= 0.6 is 0 Å². The molecule has 1 aromatic carbocycles. The third kappa shape index (κ3) is 1.95. The Hall–Kier alpha value is -3.35. The highest BCUT2D eigenvalue weighted by Gasteiger charge is 2.41. The monoisotopic (exact) mass is 324 g/mol. The predicted octanol–water partition coefficient (Wildman–Crippen LogP) is 1.14. The Bertz CT molecular complexity index is 932. The lowest BCUT2D eigenvalue weighted by molar-refractivity contribution is -0.152. The smallest absolute Gasteiger partial charge is 0.346 e. The van der Waals surface area contributed by atoms with Crippen molar-refractivity contribution in [1.82, 2.24) is 0 Å². The maximum Gasteiger partial charge on any atom is 0.346 e. The number of esters is 4. The number of hydrogen-bond donors (Lipinski definition) is 0. The first-order chi connectivity index (χ1) is 11.5. The average molecular weight is 324 g/mol. The number of cyclic esters (lactones) is 4. The summed E-state index contributed by atoms with van der Waals surface area (Å²) in [4.78, 5) is 58.7. The highest BCUT2D eigenvalue weighted by Crippen LogP contribution is 2.34. The first-order valence-corrected chi connectivity index (χ1v) is 7.07. The normalized spacial score (nSPS) is 21.6. The minimum atomic E-state index is -0.797. The largest absolute Gasteiger partial charge is 0.389 e. The molecule has 1 atom stereocenters. The summed E-state index contributed by atoms with van der Waals surface area (Å²) >= 11 is 0. The number of ether oxygens (including phenoxy) is 2. The highest BCUT2D eigenvalue weighted by atomic mass is 16.6. The van der Waals surface area contributed by atoms with Gasteiger partial charge < -0.3 is 9.47 Å². The van der Waals surface area contributed by atoms with Crippen LogP contribution in [0.15, 0.2) is 41.5 Å². The van der Waals surface area contributed by atoms with Crippen LogP contribution in [0.25, 0.3) is 0 Å². The first-order valence-electron chi connectivity index (χ1n) is 7.07. The van der Waals surface area contributed by atoms with Crippen LogP contribution < -0.4 is 0 Å².